The van der Waals surface area contributed by atoms with Gasteiger partial charge in [-0.25, -0.2) is 0 Å². The molecule has 2 aromatic rings. The number of rotatable bonds is 5. The van der Waals surface area contributed by atoms with Crippen LogP contribution in [0.3, 0.4) is 0 Å². The van der Waals surface area contributed by atoms with Crippen LogP contribution in [0.5, 0.6) is 0 Å². The number of carbonyl (C=O) groups is 2. The van der Waals surface area contributed by atoms with Crippen LogP contribution in [-0.2, 0) is 22.6 Å². The molecule has 0 spiro atoms. The number of benzene rings is 1. The molecule has 2 amide bonds. The molecule has 0 fully saturated rings. The molecule has 0 aliphatic carbocycles. The molecule has 1 N–H and O–H groups in total. The van der Waals surface area contributed by atoms with Gasteiger partial charge in [0.25, 0.3) is 0 Å². The Bertz CT molecular complexity index is 897. The van der Waals surface area contributed by atoms with E-state index in [2.05, 4.69) is 35.7 Å². The van der Waals surface area contributed by atoms with Crippen LogP contribution in [0.1, 0.15) is 34.9 Å². The van der Waals surface area contributed by atoms with E-state index in [1.807, 2.05) is 6.92 Å². The van der Waals surface area contributed by atoms with Gasteiger partial charge in [-0.05, 0) is 31.0 Å². The van der Waals surface area contributed by atoms with Gasteiger partial charge in [0.05, 0.1) is 12.1 Å². The molecule has 5 nitrogen and oxygen atoms in total. The average Bonchev–Trinajstić information content (AvgIpc) is 2.99. The Morgan fingerprint density at radius 2 is 2.07 bits per heavy atom. The molecule has 3 rings (SSSR count). The molecular weight excluding hydrogens is 378 g/mol. The Morgan fingerprint density at radius 1 is 1.33 bits per heavy atom. The second-order valence-electron chi connectivity index (χ2n) is 6.47. The summed E-state index contributed by atoms with van der Waals surface area (Å²) in [5.41, 5.74) is 2.74. The molecule has 0 saturated carbocycles. The van der Waals surface area contributed by atoms with Gasteiger partial charge in [0.1, 0.15) is 11.1 Å². The lowest BCUT2D eigenvalue weighted by Crippen LogP contribution is -2.33. The number of thioether (sulfide) groups is 1. The lowest BCUT2D eigenvalue weighted by Gasteiger charge is -2.25. The van der Waals surface area contributed by atoms with Crippen molar-refractivity contribution in [3.8, 4) is 6.07 Å². The van der Waals surface area contributed by atoms with E-state index in [0.29, 0.717) is 42.2 Å². The number of nitrogens with zero attached hydrogens (tertiary/aromatic N) is 2. The van der Waals surface area contributed by atoms with Crippen LogP contribution >= 0.6 is 23.1 Å². The Balaban J connectivity index is 1.60. The molecule has 1 aliphatic rings. The molecule has 7 heteroatoms. The van der Waals surface area contributed by atoms with Crippen molar-refractivity contribution >= 4 is 39.9 Å². The molecule has 140 valence electrons. The van der Waals surface area contributed by atoms with E-state index in [-0.39, 0.29) is 11.8 Å². The molecule has 2 heterocycles. The highest BCUT2D eigenvalue weighted by Gasteiger charge is 2.26. The highest BCUT2D eigenvalue weighted by Crippen LogP contribution is 2.36. The molecule has 0 saturated heterocycles. The Hall–Kier alpha value is -2.30. The van der Waals surface area contributed by atoms with Gasteiger partial charge in [-0.2, -0.15) is 5.26 Å². The Morgan fingerprint density at radius 3 is 2.74 bits per heavy atom. The first kappa shape index (κ1) is 19.5. The summed E-state index contributed by atoms with van der Waals surface area (Å²) in [5.74, 6) is 0.624. The van der Waals surface area contributed by atoms with Crippen molar-refractivity contribution in [2.45, 2.75) is 38.1 Å². The highest BCUT2D eigenvalue weighted by atomic mass is 32.2. The van der Waals surface area contributed by atoms with Crippen LogP contribution < -0.4 is 5.32 Å². The SMILES string of the molecule is CC(=O)N1CCc2c(sc(NC(=O)CCSc3ccc(C)cc3)c2C#N)C1. The first-order valence-electron chi connectivity index (χ1n) is 8.77. The number of aryl methyl sites for hydroxylation is 1. The lowest BCUT2D eigenvalue weighted by molar-refractivity contribution is -0.129. The normalized spacial score (nSPS) is 13.0. The lowest BCUT2D eigenvalue weighted by atomic mass is 10.0. The minimum Gasteiger partial charge on any atom is -0.337 e. The zero-order valence-electron chi connectivity index (χ0n) is 15.4. The van der Waals surface area contributed by atoms with E-state index in [4.69, 9.17) is 0 Å². The molecule has 27 heavy (non-hydrogen) atoms. The predicted octanol–water partition coefficient (Wildman–Crippen LogP) is 3.95. The van der Waals surface area contributed by atoms with E-state index in [9.17, 15) is 14.9 Å². The molecule has 1 aromatic carbocycles. The van der Waals surface area contributed by atoms with Crippen molar-refractivity contribution in [2.75, 3.05) is 17.6 Å². The zero-order chi connectivity index (χ0) is 19.4. The summed E-state index contributed by atoms with van der Waals surface area (Å²) in [7, 11) is 0. The van der Waals surface area contributed by atoms with Gasteiger partial charge in [-0.3, -0.25) is 9.59 Å². The number of amides is 2. The topological polar surface area (TPSA) is 73.2 Å². The van der Waals surface area contributed by atoms with E-state index in [1.165, 1.54) is 16.9 Å². The van der Waals surface area contributed by atoms with Crippen LogP contribution in [0.25, 0.3) is 0 Å². The number of fused-ring (bicyclic) bond motifs is 1. The van der Waals surface area contributed by atoms with Crippen LogP contribution in [0, 0.1) is 18.3 Å². The minimum atomic E-state index is -0.0897. The van der Waals surface area contributed by atoms with Gasteiger partial charge in [-0.15, -0.1) is 23.1 Å². The molecular formula is C20H21N3O2S2. The third-order valence-corrected chi connectivity index (χ3v) is 6.63. The zero-order valence-corrected chi connectivity index (χ0v) is 17.0. The monoisotopic (exact) mass is 399 g/mol. The van der Waals surface area contributed by atoms with Crippen molar-refractivity contribution in [1.82, 2.24) is 4.90 Å². The maximum Gasteiger partial charge on any atom is 0.225 e. The quantitative estimate of drug-likeness (QED) is 0.773. The highest BCUT2D eigenvalue weighted by molar-refractivity contribution is 7.99. The largest absolute Gasteiger partial charge is 0.337 e. The number of hydrogen-bond acceptors (Lipinski definition) is 5. The number of nitrogens with one attached hydrogen (secondary N) is 1. The fourth-order valence-electron chi connectivity index (χ4n) is 2.96. The van der Waals surface area contributed by atoms with Crippen molar-refractivity contribution < 1.29 is 9.59 Å². The smallest absolute Gasteiger partial charge is 0.225 e. The van der Waals surface area contributed by atoms with Crippen molar-refractivity contribution in [3.63, 3.8) is 0 Å². The summed E-state index contributed by atoms with van der Waals surface area (Å²) in [5, 5.41) is 13.0. The van der Waals surface area contributed by atoms with E-state index >= 15 is 0 Å². The van der Waals surface area contributed by atoms with Gasteiger partial charge in [0, 0.05) is 35.4 Å². The Labute approximate surface area is 167 Å². The predicted molar refractivity (Wildman–Crippen MR) is 109 cm³/mol. The third kappa shape index (κ3) is 4.71. The second-order valence-corrected chi connectivity index (χ2v) is 8.74. The second kappa shape index (κ2) is 8.59. The van der Waals surface area contributed by atoms with Gasteiger partial charge in [0.2, 0.25) is 11.8 Å². The van der Waals surface area contributed by atoms with E-state index in [0.717, 1.165) is 15.3 Å². The molecule has 0 unspecified atom stereocenters. The number of anilines is 1. The first-order valence-corrected chi connectivity index (χ1v) is 10.6. The standard InChI is InChI=1S/C20H21N3O2S2/c1-13-3-5-15(6-4-13)26-10-8-19(25)22-20-17(11-21)16-7-9-23(14(2)24)12-18(16)27-20/h3-6H,7-10,12H2,1-2H3,(H,22,25). The Kier molecular flexibility index (Phi) is 6.19. The fraction of sp³-hybridized carbons (Fsp3) is 0.350. The van der Waals surface area contributed by atoms with Crippen molar-refractivity contribution in [1.29, 1.82) is 5.26 Å². The summed E-state index contributed by atoms with van der Waals surface area (Å²) in [6, 6.07) is 10.5. The van der Waals surface area contributed by atoms with Crippen LogP contribution in [0.4, 0.5) is 5.00 Å². The number of thiophene rings is 1. The number of hydrogen-bond donors (Lipinski definition) is 1. The summed E-state index contributed by atoms with van der Waals surface area (Å²) < 4.78 is 0. The summed E-state index contributed by atoms with van der Waals surface area (Å²) >= 11 is 3.05. The van der Waals surface area contributed by atoms with Gasteiger partial charge < -0.3 is 10.2 Å². The molecule has 0 radical (unpaired) electrons. The van der Waals surface area contributed by atoms with E-state index in [1.54, 1.807) is 23.6 Å². The third-order valence-electron chi connectivity index (χ3n) is 4.49. The molecule has 0 bridgehead atoms. The summed E-state index contributed by atoms with van der Waals surface area (Å²) in [6.07, 6.45) is 1.04. The fourth-order valence-corrected chi connectivity index (χ4v) is 5.05. The maximum absolute atomic E-state index is 12.3. The molecule has 1 aliphatic heterocycles. The van der Waals surface area contributed by atoms with E-state index < -0.39 is 0 Å². The molecule has 1 aromatic heterocycles. The first-order chi connectivity index (χ1) is 13.0. The van der Waals surface area contributed by atoms with Crippen LogP contribution in [0.15, 0.2) is 29.2 Å². The van der Waals surface area contributed by atoms with Crippen LogP contribution in [-0.4, -0.2) is 29.0 Å². The minimum absolute atomic E-state index is 0.0336. The van der Waals surface area contributed by atoms with Crippen LogP contribution in [0.2, 0.25) is 0 Å². The van der Waals surface area contributed by atoms with Crippen molar-refractivity contribution in [3.05, 3.63) is 45.8 Å². The van der Waals surface area contributed by atoms with Gasteiger partial charge in [0.15, 0.2) is 0 Å². The maximum atomic E-state index is 12.3. The van der Waals surface area contributed by atoms with Gasteiger partial charge in [-0.1, -0.05) is 17.7 Å². The summed E-state index contributed by atoms with van der Waals surface area (Å²) in [4.78, 5) is 27.8. The number of carbonyl (C=O) groups excluding carboxylic acids is 2. The summed E-state index contributed by atoms with van der Waals surface area (Å²) in [6.45, 7) is 4.74. The molecule has 0 atom stereocenters. The van der Waals surface area contributed by atoms with Gasteiger partial charge >= 0.3 is 0 Å². The number of nitriles is 1. The van der Waals surface area contributed by atoms with Crippen molar-refractivity contribution in [2.24, 2.45) is 0 Å². The average molecular weight is 400 g/mol.